The molecular weight excluding hydrogens is 962 g/mol. The highest BCUT2D eigenvalue weighted by molar-refractivity contribution is 5.93. The van der Waals surface area contributed by atoms with Crippen molar-refractivity contribution in [3.8, 4) is 45.3 Å². The van der Waals surface area contributed by atoms with Crippen molar-refractivity contribution in [2.24, 2.45) is 11.8 Å². The normalized spacial score (nSPS) is 22.9. The van der Waals surface area contributed by atoms with E-state index in [0.717, 1.165) is 64.7 Å². The number of hydrogen-bond acceptors (Lipinski definition) is 11. The fourth-order valence-corrected chi connectivity index (χ4v) is 12.1. The Hall–Kier alpha value is -7.41. The van der Waals surface area contributed by atoms with Crippen LogP contribution in [0.5, 0.6) is 11.5 Å². The van der Waals surface area contributed by atoms with Crippen molar-refractivity contribution < 1.29 is 47.3 Å². The highest BCUT2D eigenvalue weighted by atomic mass is 19.1. The van der Waals surface area contributed by atoms with Crippen LogP contribution in [-0.4, -0.2) is 117 Å². The van der Waals surface area contributed by atoms with Crippen LogP contribution in [0.15, 0.2) is 67.0 Å². The van der Waals surface area contributed by atoms with E-state index in [0.29, 0.717) is 85.3 Å². The summed E-state index contributed by atoms with van der Waals surface area (Å²) < 4.78 is 48.0. The van der Waals surface area contributed by atoms with Crippen LogP contribution < -0.4 is 20.1 Å². The van der Waals surface area contributed by atoms with Crippen molar-refractivity contribution in [1.29, 1.82) is 0 Å². The summed E-state index contributed by atoms with van der Waals surface area (Å²) >= 11 is 0. The number of aromatic amines is 2. The Balaban J connectivity index is 0.908. The Morgan fingerprint density at radius 1 is 0.773 bits per heavy atom. The average Bonchev–Trinajstić information content (AvgIpc) is 4.31. The van der Waals surface area contributed by atoms with Crippen LogP contribution in [0.3, 0.4) is 0 Å². The van der Waals surface area contributed by atoms with Crippen LogP contribution in [0.25, 0.3) is 44.7 Å². The first-order chi connectivity index (χ1) is 36.3. The summed E-state index contributed by atoms with van der Waals surface area (Å²) in [5, 5.41) is 6.40. The minimum Gasteiger partial charge on any atom is -0.493 e. The molecule has 0 spiro atoms. The van der Waals surface area contributed by atoms with E-state index in [4.69, 9.17) is 33.7 Å². The number of alkyl carbamates (subject to hydrolysis) is 2. The fraction of sp³-hybridized carbons (Fsp3) is 0.464. The molecule has 3 aromatic heterocycles. The number of methoxy groups -OCH3 is 2. The first-order valence-corrected chi connectivity index (χ1v) is 26.2. The van der Waals surface area contributed by atoms with E-state index in [1.54, 1.807) is 17.3 Å². The molecular formula is C56H64FN9O9. The number of amides is 4. The molecule has 6 aromatic rings. The van der Waals surface area contributed by atoms with Crippen molar-refractivity contribution in [2.75, 3.05) is 33.9 Å². The molecule has 11 rings (SSSR count). The Morgan fingerprint density at radius 2 is 1.44 bits per heavy atom. The second-order valence-electron chi connectivity index (χ2n) is 21.0. The van der Waals surface area contributed by atoms with Gasteiger partial charge in [-0.1, -0.05) is 32.0 Å². The van der Waals surface area contributed by atoms with Crippen molar-refractivity contribution in [2.45, 2.75) is 122 Å². The molecule has 0 aliphatic carbocycles. The van der Waals surface area contributed by atoms with Gasteiger partial charge >= 0.3 is 12.2 Å². The van der Waals surface area contributed by atoms with Gasteiger partial charge in [-0.15, -0.1) is 0 Å². The fourth-order valence-electron chi connectivity index (χ4n) is 12.1. The zero-order valence-electron chi connectivity index (χ0n) is 43.1. The van der Waals surface area contributed by atoms with Crippen molar-refractivity contribution >= 4 is 34.9 Å². The lowest BCUT2D eigenvalue weighted by Crippen LogP contribution is -2.54. The lowest BCUT2D eigenvalue weighted by Gasteiger charge is -2.38. The molecule has 5 aliphatic rings. The third kappa shape index (κ3) is 9.44. The topological polar surface area (TPSA) is 207 Å². The van der Waals surface area contributed by atoms with E-state index < -0.39 is 36.3 Å². The van der Waals surface area contributed by atoms with Crippen LogP contribution in [0.2, 0.25) is 0 Å². The van der Waals surface area contributed by atoms with Crippen LogP contribution in [-0.2, 0) is 30.2 Å². The van der Waals surface area contributed by atoms with Crippen molar-refractivity contribution in [3.63, 3.8) is 0 Å². The summed E-state index contributed by atoms with van der Waals surface area (Å²) in [5.74, 6) is 1.19. The highest BCUT2D eigenvalue weighted by Crippen LogP contribution is 2.48. The van der Waals surface area contributed by atoms with Crippen LogP contribution >= 0.6 is 0 Å². The van der Waals surface area contributed by atoms with E-state index in [-0.39, 0.29) is 47.9 Å². The van der Waals surface area contributed by atoms with Crippen molar-refractivity contribution in [1.82, 2.24) is 44.9 Å². The summed E-state index contributed by atoms with van der Waals surface area (Å²) in [6, 6.07) is 15.3. The van der Waals surface area contributed by atoms with Gasteiger partial charge in [0, 0.05) is 35.2 Å². The number of halogens is 1. The number of H-pyrrole nitrogens is 2. The van der Waals surface area contributed by atoms with E-state index in [1.165, 1.54) is 20.3 Å². The summed E-state index contributed by atoms with van der Waals surface area (Å²) in [6.45, 7) is 9.36. The first kappa shape index (κ1) is 49.8. The monoisotopic (exact) mass is 1030 g/mol. The minimum absolute atomic E-state index is 0.0564. The number of nitrogens with zero attached hydrogens (tertiary/aromatic N) is 5. The number of imidazole rings is 2. The Morgan fingerprint density at radius 3 is 2.12 bits per heavy atom. The molecule has 0 bridgehead atoms. The van der Waals surface area contributed by atoms with Gasteiger partial charge < -0.3 is 58.7 Å². The zero-order chi connectivity index (χ0) is 52.2. The lowest BCUT2D eigenvalue weighted by molar-refractivity contribution is -0.138. The molecule has 18 nitrogen and oxygen atoms in total. The number of rotatable bonds is 11. The number of fused-ring (bicyclic) bond motifs is 6. The Bertz CT molecular complexity index is 3160. The van der Waals surface area contributed by atoms with Gasteiger partial charge in [0.15, 0.2) is 0 Å². The number of nitrogens with one attached hydrogen (secondary N) is 4. The lowest BCUT2D eigenvalue weighted by atomic mass is 9.85. The van der Waals surface area contributed by atoms with Crippen LogP contribution in [0, 0.1) is 17.7 Å². The number of aromatic nitrogens is 5. The third-order valence-electron chi connectivity index (χ3n) is 15.7. The molecule has 4 amide bonds. The maximum atomic E-state index is 17.1. The number of ether oxygens (including phenoxy) is 5. The molecule has 3 aromatic carbocycles. The molecule has 7 atom stereocenters. The Labute approximate surface area is 434 Å². The summed E-state index contributed by atoms with van der Waals surface area (Å²) in [4.78, 5) is 73.2. The molecule has 3 fully saturated rings. The number of likely N-dealkylation sites (tertiary alicyclic amines) is 2. The molecule has 0 radical (unpaired) electrons. The zero-order valence-corrected chi connectivity index (χ0v) is 43.1. The quantitative estimate of drug-likeness (QED) is 0.0963. The average molecular weight is 1030 g/mol. The van der Waals surface area contributed by atoms with Gasteiger partial charge in [0.1, 0.15) is 41.0 Å². The molecule has 4 N–H and O–H groups in total. The number of hydrogen-bond donors (Lipinski definition) is 4. The highest BCUT2D eigenvalue weighted by Gasteiger charge is 2.43. The SMILES string of the molecule is COC(=O)NC(C(=O)N1CCC[C@H]1c1ncc(-c2ccc3c(c2)cc2n3C(c3ccc4c(c3)OCCC4)Oc3cc(-c4cnc([C@@H]5CCCN5C(=O)[C@@H](NC(=O)OC)C(C)C)[nH]4)cc(F)c3-2)[nH]1)C1C[C@@H](C)O[C@H](C)C1. The molecule has 3 saturated heterocycles. The number of carbonyl (C=O) groups excluding carboxylic acids is 4. The molecule has 75 heavy (non-hydrogen) atoms. The summed E-state index contributed by atoms with van der Waals surface area (Å²) in [7, 11) is 2.57. The number of benzene rings is 3. The van der Waals surface area contributed by atoms with Gasteiger partial charge in [-0.3, -0.25) is 9.59 Å². The second kappa shape index (κ2) is 20.4. The minimum atomic E-state index is -0.782. The molecule has 5 aliphatic heterocycles. The largest absolute Gasteiger partial charge is 0.493 e. The predicted octanol–water partition coefficient (Wildman–Crippen LogP) is 9.13. The number of carbonyl (C=O) groups is 4. The standard InChI is InChI=1S/C56H64FN9O9/c1-29(2)48(62-55(69)71-5)52(67)64-17-7-11-42(64)51-59-28-40(61-51)35-23-38(57)47-44-24-36-22-33(15-16-41(36)66(44)54(75-46(47)26-35)34-14-13-32-10-9-19-73-45(32)25-34)39-27-58-50(60-39)43-12-8-18-65(43)53(68)49(63-56(70)72-6)37-20-30(3)74-31(4)21-37/h13-16,22-31,37,42-43,48-49,54H,7-12,17-21H2,1-6H3,(H,58,60)(H,59,61)(H,62,69)(H,63,70)/t30-,31-,42+,43+,48+,49?,54?/m1/s1. The summed E-state index contributed by atoms with van der Waals surface area (Å²) in [5.41, 5.74) is 6.42. The summed E-state index contributed by atoms with van der Waals surface area (Å²) in [6.07, 6.45) is 7.31. The van der Waals surface area contributed by atoms with Crippen LogP contribution in [0.1, 0.15) is 114 Å². The molecule has 19 heteroatoms. The first-order valence-electron chi connectivity index (χ1n) is 26.2. The third-order valence-corrected chi connectivity index (χ3v) is 15.7. The van der Waals surface area contributed by atoms with Gasteiger partial charge in [0.05, 0.1) is 85.7 Å². The molecule has 394 valence electrons. The van der Waals surface area contributed by atoms with E-state index in [9.17, 15) is 19.2 Å². The van der Waals surface area contributed by atoms with Gasteiger partial charge in [0.2, 0.25) is 18.0 Å². The van der Waals surface area contributed by atoms with Crippen LogP contribution in [0.4, 0.5) is 14.0 Å². The second-order valence-corrected chi connectivity index (χ2v) is 21.0. The maximum Gasteiger partial charge on any atom is 0.407 e. The Kier molecular flexibility index (Phi) is 13.5. The maximum absolute atomic E-state index is 17.1. The van der Waals surface area contributed by atoms with E-state index in [1.807, 2.05) is 67.5 Å². The van der Waals surface area contributed by atoms with E-state index in [2.05, 4.69) is 38.8 Å². The van der Waals surface area contributed by atoms with E-state index >= 15 is 4.39 Å². The smallest absolute Gasteiger partial charge is 0.407 e. The van der Waals surface area contributed by atoms with Gasteiger partial charge in [-0.05, 0) is 119 Å². The molecule has 8 heterocycles. The molecule has 2 unspecified atom stereocenters. The van der Waals surface area contributed by atoms with Gasteiger partial charge in [0.25, 0.3) is 0 Å². The van der Waals surface area contributed by atoms with Gasteiger partial charge in [-0.2, -0.15) is 0 Å². The number of aryl methyl sites for hydroxylation is 1. The van der Waals surface area contributed by atoms with Gasteiger partial charge in [-0.25, -0.2) is 23.9 Å². The van der Waals surface area contributed by atoms with Crippen molar-refractivity contribution in [3.05, 3.63) is 95.6 Å². The predicted molar refractivity (Wildman–Crippen MR) is 275 cm³/mol. The molecule has 0 saturated carbocycles.